The summed E-state index contributed by atoms with van der Waals surface area (Å²) in [6, 6.07) is 14.6. The van der Waals surface area contributed by atoms with E-state index in [4.69, 9.17) is 11.6 Å². The minimum atomic E-state index is -1.11. The molecule has 1 amide bonds. The monoisotopic (exact) mass is 479 g/mol. The molecule has 4 aromatic rings. The van der Waals surface area contributed by atoms with Gasteiger partial charge in [0.2, 0.25) is 5.88 Å². The number of carbonyl (C=O) groups is 2. The number of hydrogen-bond acceptors (Lipinski definition) is 6. The predicted molar refractivity (Wildman–Crippen MR) is 126 cm³/mol. The van der Waals surface area contributed by atoms with Gasteiger partial charge in [-0.05, 0) is 55.5 Å². The number of nitrogens with one attached hydrogen (secondary N) is 1. The summed E-state index contributed by atoms with van der Waals surface area (Å²) in [6.07, 6.45) is 0. The molecule has 34 heavy (non-hydrogen) atoms. The van der Waals surface area contributed by atoms with E-state index in [9.17, 15) is 30.0 Å². The van der Waals surface area contributed by atoms with Gasteiger partial charge in [-0.3, -0.25) is 9.36 Å². The maximum atomic E-state index is 12.4. The first kappa shape index (κ1) is 22.7. The Kier molecular flexibility index (Phi) is 5.87. The van der Waals surface area contributed by atoms with Crippen LogP contribution in [0.5, 0.6) is 17.4 Å². The average Bonchev–Trinajstić information content (AvgIpc) is 3.09. The molecule has 4 rings (SSSR count). The van der Waals surface area contributed by atoms with Crippen LogP contribution in [0.1, 0.15) is 33.2 Å². The minimum Gasteiger partial charge on any atom is -0.504 e. The molecule has 1 heterocycles. The van der Waals surface area contributed by atoms with E-state index in [1.54, 1.807) is 37.3 Å². The summed E-state index contributed by atoms with van der Waals surface area (Å²) >= 11 is 6.18. The van der Waals surface area contributed by atoms with Crippen molar-refractivity contribution in [2.45, 2.75) is 6.92 Å². The largest absolute Gasteiger partial charge is 0.504 e. The van der Waals surface area contributed by atoms with Crippen molar-refractivity contribution < 1.29 is 30.0 Å². The lowest BCUT2D eigenvalue weighted by Gasteiger charge is -2.09. The number of aromatic carboxylic acids is 1. The van der Waals surface area contributed by atoms with Crippen LogP contribution >= 0.6 is 11.6 Å². The Morgan fingerprint density at radius 2 is 1.71 bits per heavy atom. The topological polar surface area (TPSA) is 144 Å². The first-order valence-electron chi connectivity index (χ1n) is 9.91. The van der Waals surface area contributed by atoms with Gasteiger partial charge in [0.05, 0.1) is 22.4 Å². The zero-order chi connectivity index (χ0) is 24.6. The maximum absolute atomic E-state index is 12.4. The molecule has 0 fully saturated rings. The van der Waals surface area contributed by atoms with E-state index in [1.807, 2.05) is 0 Å². The summed E-state index contributed by atoms with van der Waals surface area (Å²) in [4.78, 5) is 23.8. The maximum Gasteiger partial charge on any atom is 0.335 e. The molecule has 0 aliphatic heterocycles. The second kappa shape index (κ2) is 8.80. The molecule has 0 bridgehead atoms. The van der Waals surface area contributed by atoms with Gasteiger partial charge >= 0.3 is 5.97 Å². The number of fused-ring (bicyclic) bond motifs is 1. The number of aromatic nitrogens is 1. The molecule has 0 aliphatic carbocycles. The van der Waals surface area contributed by atoms with E-state index in [0.29, 0.717) is 27.2 Å². The molecular formula is C24H18ClN3O6. The van der Waals surface area contributed by atoms with Gasteiger partial charge in [-0.1, -0.05) is 23.7 Å². The van der Waals surface area contributed by atoms with Crippen LogP contribution < -0.4 is 5.43 Å². The Morgan fingerprint density at radius 3 is 2.41 bits per heavy atom. The molecule has 1 aromatic heterocycles. The fraction of sp³-hybridized carbons (Fsp3) is 0.0417. The molecule has 0 atom stereocenters. The Bertz CT molecular complexity index is 1490. The number of hydrazone groups is 1. The lowest BCUT2D eigenvalue weighted by atomic mass is 10.1. The van der Waals surface area contributed by atoms with Crippen molar-refractivity contribution in [2.24, 2.45) is 5.10 Å². The number of nitrogens with zero attached hydrogens (tertiary/aromatic N) is 2. The predicted octanol–water partition coefficient (Wildman–Crippen LogP) is 4.25. The van der Waals surface area contributed by atoms with Crippen LogP contribution in [-0.2, 0) is 0 Å². The summed E-state index contributed by atoms with van der Waals surface area (Å²) in [5, 5.41) is 44.5. The molecule has 10 heteroatoms. The summed E-state index contributed by atoms with van der Waals surface area (Å²) < 4.78 is 1.45. The number of carboxylic acids is 1. The summed E-state index contributed by atoms with van der Waals surface area (Å²) in [7, 11) is 0. The molecule has 0 saturated heterocycles. The van der Waals surface area contributed by atoms with Crippen LogP contribution in [0.25, 0.3) is 16.6 Å². The number of phenols is 2. The van der Waals surface area contributed by atoms with Crippen molar-refractivity contribution >= 4 is 40.1 Å². The first-order valence-corrected chi connectivity index (χ1v) is 10.3. The van der Waals surface area contributed by atoms with Gasteiger partial charge in [0.1, 0.15) is 0 Å². The number of carboxylic acid groups (broad SMARTS) is 1. The van der Waals surface area contributed by atoms with Crippen molar-refractivity contribution in [3.8, 4) is 23.1 Å². The third-order valence-electron chi connectivity index (χ3n) is 5.18. The lowest BCUT2D eigenvalue weighted by molar-refractivity contribution is 0.0696. The van der Waals surface area contributed by atoms with Gasteiger partial charge in [0.15, 0.2) is 11.5 Å². The quantitative estimate of drug-likeness (QED) is 0.164. The Labute approximate surface area is 197 Å². The van der Waals surface area contributed by atoms with Gasteiger partial charge in [0.25, 0.3) is 5.91 Å². The molecule has 5 N–H and O–H groups in total. The van der Waals surface area contributed by atoms with Crippen molar-refractivity contribution in [3.63, 3.8) is 0 Å². The Morgan fingerprint density at radius 1 is 0.941 bits per heavy atom. The van der Waals surface area contributed by atoms with Gasteiger partial charge < -0.3 is 20.4 Å². The van der Waals surface area contributed by atoms with E-state index < -0.39 is 17.6 Å². The van der Waals surface area contributed by atoms with Crippen LogP contribution in [0.3, 0.4) is 0 Å². The number of amides is 1. The highest BCUT2D eigenvalue weighted by atomic mass is 35.5. The van der Waals surface area contributed by atoms with Gasteiger partial charge in [-0.25, -0.2) is 10.2 Å². The highest BCUT2D eigenvalue weighted by Gasteiger charge is 2.21. The fourth-order valence-corrected chi connectivity index (χ4v) is 3.73. The van der Waals surface area contributed by atoms with Crippen molar-refractivity contribution in [1.82, 2.24) is 9.99 Å². The Balaban J connectivity index is 1.79. The third-order valence-corrected chi connectivity index (χ3v) is 5.42. The number of hydrogen-bond donors (Lipinski definition) is 5. The summed E-state index contributed by atoms with van der Waals surface area (Å²) in [5.41, 5.74) is 3.92. The molecule has 0 radical (unpaired) electrons. The van der Waals surface area contributed by atoms with Crippen LogP contribution in [0.15, 0.2) is 65.8 Å². The SMILES string of the molecule is CC(=NNC(=O)c1ccc(O)c(O)c1)c1c(O)n(-c2cccc(C(=O)O)c2)c2cc(Cl)ccc12. The fourth-order valence-electron chi connectivity index (χ4n) is 3.56. The number of benzene rings is 3. The summed E-state index contributed by atoms with van der Waals surface area (Å²) in [6.45, 7) is 1.58. The van der Waals surface area contributed by atoms with Crippen molar-refractivity contribution in [2.75, 3.05) is 0 Å². The van der Waals surface area contributed by atoms with Crippen molar-refractivity contribution in [3.05, 3.63) is 82.4 Å². The third kappa shape index (κ3) is 4.12. The second-order valence-electron chi connectivity index (χ2n) is 7.39. The Hall–Kier alpha value is -4.50. The average molecular weight is 480 g/mol. The van der Waals surface area contributed by atoms with E-state index in [0.717, 1.165) is 6.07 Å². The highest BCUT2D eigenvalue weighted by molar-refractivity contribution is 6.31. The normalized spacial score (nSPS) is 11.5. The van der Waals surface area contributed by atoms with E-state index in [2.05, 4.69) is 10.5 Å². The van der Waals surface area contributed by atoms with Crippen LogP contribution in [0.4, 0.5) is 0 Å². The minimum absolute atomic E-state index is 0.0390. The molecule has 0 saturated carbocycles. The van der Waals surface area contributed by atoms with E-state index >= 15 is 0 Å². The molecule has 0 unspecified atom stereocenters. The van der Waals surface area contributed by atoms with E-state index in [1.165, 1.54) is 28.8 Å². The molecule has 9 nitrogen and oxygen atoms in total. The van der Waals surface area contributed by atoms with Crippen LogP contribution in [0.2, 0.25) is 5.02 Å². The smallest absolute Gasteiger partial charge is 0.335 e. The van der Waals surface area contributed by atoms with Gasteiger partial charge in [-0.2, -0.15) is 5.10 Å². The molecular weight excluding hydrogens is 462 g/mol. The van der Waals surface area contributed by atoms with Gasteiger partial charge in [-0.15, -0.1) is 0 Å². The van der Waals surface area contributed by atoms with Crippen LogP contribution in [0, 0.1) is 0 Å². The number of rotatable bonds is 5. The number of aromatic hydroxyl groups is 3. The van der Waals surface area contributed by atoms with E-state index in [-0.39, 0.29) is 28.5 Å². The molecule has 0 spiro atoms. The number of carbonyl (C=O) groups excluding carboxylic acids is 1. The first-order chi connectivity index (χ1) is 16.2. The molecule has 172 valence electrons. The second-order valence-corrected chi connectivity index (χ2v) is 7.83. The zero-order valence-electron chi connectivity index (χ0n) is 17.7. The van der Waals surface area contributed by atoms with Gasteiger partial charge in [0, 0.05) is 21.7 Å². The number of halogens is 1. The van der Waals surface area contributed by atoms with Crippen molar-refractivity contribution in [1.29, 1.82) is 0 Å². The number of phenolic OH excluding ortho intramolecular Hbond substituents is 2. The lowest BCUT2D eigenvalue weighted by Crippen LogP contribution is -2.19. The standard InChI is InChI=1S/C24H18ClN3O6/c1-12(26-27-22(31)13-5-8-19(29)20(30)10-13)21-17-7-6-15(25)11-18(17)28(23(21)32)16-4-2-3-14(9-16)24(33)34/h2-11,29-30,32H,1H3,(H,27,31)(H,33,34). The molecule has 3 aromatic carbocycles. The highest BCUT2D eigenvalue weighted by Crippen LogP contribution is 2.36. The molecule has 0 aliphatic rings. The van der Waals surface area contributed by atoms with Crippen LogP contribution in [-0.4, -0.2) is 42.6 Å². The summed E-state index contributed by atoms with van der Waals surface area (Å²) in [5.74, 6) is -2.79. The zero-order valence-corrected chi connectivity index (χ0v) is 18.4.